The first-order valence-corrected chi connectivity index (χ1v) is 7.39. The second kappa shape index (κ2) is 7.61. The van der Waals surface area contributed by atoms with Crippen LogP contribution in [0.1, 0.15) is 5.56 Å². The van der Waals surface area contributed by atoms with Gasteiger partial charge in [-0.1, -0.05) is 46.9 Å². The molecule has 21 heavy (non-hydrogen) atoms. The molecule has 0 unspecified atom stereocenters. The minimum absolute atomic E-state index is 0.346. The largest absolute Gasteiger partial charge is 0.331 e. The van der Waals surface area contributed by atoms with Gasteiger partial charge in [-0.25, -0.2) is 0 Å². The summed E-state index contributed by atoms with van der Waals surface area (Å²) in [6.07, 6.45) is 1.56. The predicted molar refractivity (Wildman–Crippen MR) is 94.9 cm³/mol. The molecule has 0 amide bonds. The molecule has 0 bridgehead atoms. The molecule has 0 aliphatic heterocycles. The van der Waals surface area contributed by atoms with E-state index in [-0.39, 0.29) is 0 Å². The lowest BCUT2D eigenvalue weighted by molar-refractivity contribution is 1.05. The van der Waals surface area contributed by atoms with Gasteiger partial charge in [0, 0.05) is 21.3 Å². The van der Waals surface area contributed by atoms with Crippen molar-refractivity contribution in [1.29, 1.82) is 0 Å². The van der Waals surface area contributed by atoms with E-state index in [0.29, 0.717) is 20.2 Å². The maximum Gasteiger partial charge on any atom is 0.191 e. The quantitative estimate of drug-likeness (QED) is 0.462. The number of thiocarbonyl (C=S) groups is 1. The minimum atomic E-state index is 0.346. The van der Waals surface area contributed by atoms with E-state index in [2.05, 4.69) is 15.8 Å². The Morgan fingerprint density at radius 3 is 2.52 bits per heavy atom. The number of hydrazone groups is 1. The smallest absolute Gasteiger partial charge is 0.191 e. The molecule has 0 aromatic heterocycles. The third kappa shape index (κ3) is 5.17. The van der Waals surface area contributed by atoms with Gasteiger partial charge in [0.05, 0.1) is 11.2 Å². The van der Waals surface area contributed by atoms with Crippen LogP contribution < -0.4 is 10.7 Å². The molecule has 0 aliphatic rings. The molecule has 0 fully saturated rings. The standard InChI is InChI=1S/C14H10Cl3N3S/c15-10-2-1-3-12(6-10)19-14(21)20-18-8-9-4-5-11(16)7-13(9)17/h1-8H,(H2,19,20,21)/b18-8+. The summed E-state index contributed by atoms with van der Waals surface area (Å²) in [5, 5.41) is 9.03. The average Bonchev–Trinajstić information content (AvgIpc) is 2.41. The molecule has 2 aromatic rings. The topological polar surface area (TPSA) is 36.4 Å². The Hall–Kier alpha value is -1.33. The van der Waals surface area contributed by atoms with Crippen LogP contribution in [0.2, 0.25) is 15.1 Å². The number of anilines is 1. The van der Waals surface area contributed by atoms with Crippen LogP contribution in [-0.2, 0) is 0 Å². The number of nitrogens with zero attached hydrogens (tertiary/aromatic N) is 1. The highest BCUT2D eigenvalue weighted by atomic mass is 35.5. The molecule has 0 atom stereocenters. The summed E-state index contributed by atoms with van der Waals surface area (Å²) < 4.78 is 0. The lowest BCUT2D eigenvalue weighted by Crippen LogP contribution is -2.23. The van der Waals surface area contributed by atoms with E-state index in [4.69, 9.17) is 47.0 Å². The first-order valence-electron chi connectivity index (χ1n) is 5.85. The molecule has 0 saturated carbocycles. The summed E-state index contributed by atoms with van der Waals surface area (Å²) in [4.78, 5) is 0. The van der Waals surface area contributed by atoms with Gasteiger partial charge in [-0.15, -0.1) is 0 Å². The van der Waals surface area contributed by atoms with Gasteiger partial charge in [0.15, 0.2) is 5.11 Å². The maximum absolute atomic E-state index is 6.03. The third-order valence-electron chi connectivity index (χ3n) is 2.41. The Labute approximate surface area is 142 Å². The van der Waals surface area contributed by atoms with Crippen LogP contribution in [-0.4, -0.2) is 11.3 Å². The highest BCUT2D eigenvalue weighted by Gasteiger charge is 1.99. The van der Waals surface area contributed by atoms with Crippen LogP contribution in [0.15, 0.2) is 47.6 Å². The molecule has 3 nitrogen and oxygen atoms in total. The van der Waals surface area contributed by atoms with E-state index in [0.717, 1.165) is 11.3 Å². The fourth-order valence-electron chi connectivity index (χ4n) is 1.49. The van der Waals surface area contributed by atoms with Crippen LogP contribution in [0.25, 0.3) is 0 Å². The summed E-state index contributed by atoms with van der Waals surface area (Å²) in [6.45, 7) is 0. The summed E-state index contributed by atoms with van der Waals surface area (Å²) in [7, 11) is 0. The Morgan fingerprint density at radius 2 is 1.81 bits per heavy atom. The Morgan fingerprint density at radius 1 is 1.05 bits per heavy atom. The summed E-state index contributed by atoms with van der Waals surface area (Å²) >= 11 is 22.8. The van der Waals surface area contributed by atoms with Crippen molar-refractivity contribution < 1.29 is 0 Å². The van der Waals surface area contributed by atoms with E-state index in [1.165, 1.54) is 0 Å². The van der Waals surface area contributed by atoms with Crippen LogP contribution in [0.3, 0.4) is 0 Å². The van der Waals surface area contributed by atoms with Crippen molar-refractivity contribution in [2.24, 2.45) is 5.10 Å². The first-order chi connectivity index (χ1) is 10.0. The minimum Gasteiger partial charge on any atom is -0.331 e. The van der Waals surface area contributed by atoms with Gasteiger partial charge in [-0.2, -0.15) is 5.10 Å². The van der Waals surface area contributed by atoms with E-state index < -0.39 is 0 Å². The Balaban J connectivity index is 1.93. The molecule has 7 heteroatoms. The zero-order valence-electron chi connectivity index (χ0n) is 10.6. The van der Waals surface area contributed by atoms with Crippen molar-refractivity contribution >= 4 is 64.0 Å². The molecular weight excluding hydrogens is 349 g/mol. The molecule has 0 radical (unpaired) electrons. The van der Waals surface area contributed by atoms with E-state index >= 15 is 0 Å². The van der Waals surface area contributed by atoms with Crippen molar-refractivity contribution in [3.8, 4) is 0 Å². The normalized spacial score (nSPS) is 10.6. The van der Waals surface area contributed by atoms with Crippen molar-refractivity contribution in [2.45, 2.75) is 0 Å². The maximum atomic E-state index is 6.03. The van der Waals surface area contributed by atoms with Gasteiger partial charge < -0.3 is 5.32 Å². The molecule has 108 valence electrons. The van der Waals surface area contributed by atoms with Crippen LogP contribution in [0.4, 0.5) is 5.69 Å². The zero-order valence-corrected chi connectivity index (χ0v) is 13.7. The van der Waals surface area contributed by atoms with E-state index in [9.17, 15) is 0 Å². The first kappa shape index (κ1) is 16.0. The van der Waals surface area contributed by atoms with Crippen LogP contribution >= 0.6 is 47.0 Å². The zero-order chi connectivity index (χ0) is 15.2. The molecule has 0 aliphatic carbocycles. The predicted octanol–water partition coefficient (Wildman–Crippen LogP) is 4.97. The monoisotopic (exact) mass is 357 g/mol. The number of rotatable bonds is 3. The summed E-state index contributed by atoms with van der Waals surface area (Å²) in [6, 6.07) is 12.4. The second-order valence-corrected chi connectivity index (χ2v) is 5.69. The molecule has 0 heterocycles. The Kier molecular flexibility index (Phi) is 5.82. The van der Waals surface area contributed by atoms with Crippen LogP contribution in [0, 0.1) is 0 Å². The Bertz CT molecular complexity index is 689. The number of halogens is 3. The molecule has 2 aromatic carbocycles. The molecular formula is C14H10Cl3N3S. The molecule has 2 N–H and O–H groups in total. The lowest BCUT2D eigenvalue weighted by Gasteiger charge is -2.07. The van der Waals surface area contributed by atoms with Crippen molar-refractivity contribution in [3.63, 3.8) is 0 Å². The number of benzene rings is 2. The van der Waals surface area contributed by atoms with E-state index in [1.807, 2.05) is 12.1 Å². The fraction of sp³-hybridized carbons (Fsp3) is 0. The highest BCUT2D eigenvalue weighted by molar-refractivity contribution is 7.80. The second-order valence-electron chi connectivity index (χ2n) is 4.00. The van der Waals surface area contributed by atoms with Gasteiger partial charge in [0.2, 0.25) is 0 Å². The molecule has 2 rings (SSSR count). The molecule has 0 saturated heterocycles. The van der Waals surface area contributed by atoms with Crippen LogP contribution in [0.5, 0.6) is 0 Å². The summed E-state index contributed by atoms with van der Waals surface area (Å²) in [5.41, 5.74) is 4.21. The van der Waals surface area contributed by atoms with Crippen molar-refractivity contribution in [1.82, 2.24) is 5.43 Å². The third-order valence-corrected chi connectivity index (χ3v) is 3.41. The number of nitrogens with one attached hydrogen (secondary N) is 2. The lowest BCUT2D eigenvalue weighted by atomic mass is 10.2. The van der Waals surface area contributed by atoms with Gasteiger partial charge in [0.1, 0.15) is 0 Å². The van der Waals surface area contributed by atoms with E-state index in [1.54, 1.807) is 36.5 Å². The highest BCUT2D eigenvalue weighted by Crippen LogP contribution is 2.19. The van der Waals surface area contributed by atoms with Gasteiger partial charge in [0.25, 0.3) is 0 Å². The van der Waals surface area contributed by atoms with Gasteiger partial charge in [-0.3, -0.25) is 5.43 Å². The molecule has 0 spiro atoms. The van der Waals surface area contributed by atoms with Crippen molar-refractivity contribution in [2.75, 3.05) is 5.32 Å². The fourth-order valence-corrected chi connectivity index (χ4v) is 2.31. The number of hydrogen-bond donors (Lipinski definition) is 2. The summed E-state index contributed by atoms with van der Waals surface area (Å²) in [5.74, 6) is 0. The van der Waals surface area contributed by atoms with Gasteiger partial charge in [-0.05, 0) is 42.5 Å². The van der Waals surface area contributed by atoms with Crippen molar-refractivity contribution in [3.05, 3.63) is 63.1 Å². The van der Waals surface area contributed by atoms with Gasteiger partial charge >= 0.3 is 0 Å². The number of hydrogen-bond acceptors (Lipinski definition) is 2. The SMILES string of the molecule is S=C(N/N=C/c1ccc(Cl)cc1Cl)Nc1cccc(Cl)c1. The average molecular weight is 359 g/mol.